The van der Waals surface area contributed by atoms with Gasteiger partial charge in [0.1, 0.15) is 0 Å². The van der Waals surface area contributed by atoms with Crippen LogP contribution in [0.25, 0.3) is 99.1 Å². The molecule has 0 aliphatic rings. The summed E-state index contributed by atoms with van der Waals surface area (Å²) in [4.78, 5) is 0. The van der Waals surface area contributed by atoms with E-state index in [1.165, 1.54) is 93.5 Å². The van der Waals surface area contributed by atoms with E-state index in [2.05, 4.69) is 215 Å². The molecule has 0 N–H and O–H groups in total. The Morgan fingerprint density at radius 2 is 0.722 bits per heavy atom. The Kier molecular flexibility index (Phi) is 6.90. The van der Waals surface area contributed by atoms with Gasteiger partial charge < -0.3 is 9.13 Å². The van der Waals surface area contributed by atoms with Crippen LogP contribution in [-0.4, -0.2) is 9.13 Å². The zero-order valence-electron chi connectivity index (χ0n) is 29.5. The minimum atomic E-state index is 1.14. The molecule has 2 nitrogen and oxygen atoms in total. The van der Waals surface area contributed by atoms with Gasteiger partial charge in [0.2, 0.25) is 0 Å². The summed E-state index contributed by atoms with van der Waals surface area (Å²) < 4.78 is 4.92. The summed E-state index contributed by atoms with van der Waals surface area (Å²) in [6, 6.07) is 75.2. The fraction of sp³-hybridized carbons (Fsp3) is 0. The SMILES string of the molecule is c1ccc(-c2cc(-c3ccccc3)cc(-n3c4ccccc4c4c(-c5cccc6c5c5ccccc5n6-c5cccc6ccccc56)cccc43)c2)cc1. The van der Waals surface area contributed by atoms with E-state index in [9.17, 15) is 0 Å². The van der Waals surface area contributed by atoms with E-state index in [-0.39, 0.29) is 0 Å². The number of benzene rings is 9. The van der Waals surface area contributed by atoms with E-state index < -0.39 is 0 Å². The maximum Gasteiger partial charge on any atom is 0.0547 e. The molecule has 0 unspecified atom stereocenters. The third-order valence-electron chi connectivity index (χ3n) is 11.1. The predicted molar refractivity (Wildman–Crippen MR) is 229 cm³/mol. The highest BCUT2D eigenvalue weighted by Gasteiger charge is 2.21. The van der Waals surface area contributed by atoms with Gasteiger partial charge in [0.15, 0.2) is 0 Å². The summed E-state index contributed by atoms with van der Waals surface area (Å²) >= 11 is 0. The van der Waals surface area contributed by atoms with Gasteiger partial charge in [-0.15, -0.1) is 0 Å². The molecule has 2 heteroatoms. The van der Waals surface area contributed by atoms with Crippen molar-refractivity contribution < 1.29 is 0 Å². The molecule has 0 fully saturated rings. The van der Waals surface area contributed by atoms with Gasteiger partial charge >= 0.3 is 0 Å². The first-order valence-electron chi connectivity index (χ1n) is 18.6. The van der Waals surface area contributed by atoms with Gasteiger partial charge in [0, 0.05) is 32.6 Å². The topological polar surface area (TPSA) is 9.86 Å². The summed E-state index contributed by atoms with van der Waals surface area (Å²) in [6.45, 7) is 0. The second kappa shape index (κ2) is 12.2. The summed E-state index contributed by atoms with van der Waals surface area (Å²) in [5, 5.41) is 7.49. The van der Waals surface area contributed by atoms with Crippen molar-refractivity contribution in [2.75, 3.05) is 0 Å². The Bertz CT molecular complexity index is 3140. The van der Waals surface area contributed by atoms with Crippen LogP contribution in [0.1, 0.15) is 0 Å². The van der Waals surface area contributed by atoms with E-state index in [0.29, 0.717) is 0 Å². The fourth-order valence-electron chi connectivity index (χ4n) is 8.76. The van der Waals surface area contributed by atoms with Gasteiger partial charge in [0.05, 0.1) is 27.8 Å². The summed E-state index contributed by atoms with van der Waals surface area (Å²) in [6.07, 6.45) is 0. The van der Waals surface area contributed by atoms with Gasteiger partial charge in [-0.2, -0.15) is 0 Å². The smallest absolute Gasteiger partial charge is 0.0547 e. The molecular weight excluding hydrogens is 653 g/mol. The molecule has 0 aliphatic heterocycles. The molecule has 0 spiro atoms. The lowest BCUT2D eigenvalue weighted by molar-refractivity contribution is 1.18. The van der Waals surface area contributed by atoms with E-state index >= 15 is 0 Å². The van der Waals surface area contributed by atoms with Crippen molar-refractivity contribution in [3.05, 3.63) is 206 Å². The second-order valence-corrected chi connectivity index (χ2v) is 14.1. The van der Waals surface area contributed by atoms with Crippen LogP contribution in [0.2, 0.25) is 0 Å². The van der Waals surface area contributed by atoms with Gasteiger partial charge in [0.25, 0.3) is 0 Å². The monoisotopic (exact) mass is 686 g/mol. The Morgan fingerprint density at radius 3 is 1.33 bits per heavy atom. The Hall–Kier alpha value is -7.16. The fourth-order valence-corrected chi connectivity index (χ4v) is 8.76. The van der Waals surface area contributed by atoms with Gasteiger partial charge in [-0.25, -0.2) is 0 Å². The van der Waals surface area contributed by atoms with Crippen LogP contribution in [0, 0.1) is 0 Å². The molecule has 0 bridgehead atoms. The lowest BCUT2D eigenvalue weighted by atomic mass is 9.95. The molecule has 0 amide bonds. The molecule has 11 rings (SSSR count). The van der Waals surface area contributed by atoms with Crippen molar-refractivity contribution in [2.45, 2.75) is 0 Å². The number of nitrogens with zero attached hydrogens (tertiary/aromatic N) is 2. The van der Waals surface area contributed by atoms with Crippen molar-refractivity contribution in [1.82, 2.24) is 9.13 Å². The molecule has 2 heterocycles. The maximum absolute atomic E-state index is 2.46. The van der Waals surface area contributed by atoms with Gasteiger partial charge in [-0.05, 0) is 87.3 Å². The standard InChI is InChI=1S/C52H34N2/c1-3-16-35(17-4-1)38-32-39(36-18-5-2-6-19-36)34-40(33-38)53-47-27-11-9-23-44(47)51-42(25-14-30-49(51)53)43-26-15-31-50-52(43)45-24-10-12-28-48(45)54(50)46-29-13-21-37-20-7-8-22-41(37)46/h1-34H. The van der Waals surface area contributed by atoms with Crippen molar-refractivity contribution in [3.63, 3.8) is 0 Å². The molecule has 0 radical (unpaired) electrons. The second-order valence-electron chi connectivity index (χ2n) is 14.1. The molecule has 11 aromatic rings. The number of hydrogen-bond acceptors (Lipinski definition) is 0. The van der Waals surface area contributed by atoms with E-state index in [1.54, 1.807) is 0 Å². The zero-order valence-corrected chi connectivity index (χ0v) is 29.5. The lowest BCUT2D eigenvalue weighted by Gasteiger charge is -2.14. The largest absolute Gasteiger partial charge is 0.309 e. The third kappa shape index (κ3) is 4.67. The highest BCUT2D eigenvalue weighted by molar-refractivity contribution is 6.22. The third-order valence-corrected chi connectivity index (χ3v) is 11.1. The van der Waals surface area contributed by atoms with E-state index in [0.717, 1.165) is 5.69 Å². The Morgan fingerprint density at radius 1 is 0.278 bits per heavy atom. The van der Waals surface area contributed by atoms with E-state index in [1.807, 2.05) is 0 Å². The average Bonchev–Trinajstić information content (AvgIpc) is 3.77. The van der Waals surface area contributed by atoms with Crippen LogP contribution in [0.4, 0.5) is 0 Å². The maximum atomic E-state index is 2.46. The first-order chi connectivity index (χ1) is 26.8. The lowest BCUT2D eigenvalue weighted by Crippen LogP contribution is -1.96. The Labute approximate surface area is 313 Å². The predicted octanol–water partition coefficient (Wildman–Crippen LogP) is 14.0. The van der Waals surface area contributed by atoms with Crippen molar-refractivity contribution >= 4 is 54.4 Å². The highest BCUT2D eigenvalue weighted by atomic mass is 15.0. The molecule has 0 aliphatic carbocycles. The van der Waals surface area contributed by atoms with Crippen LogP contribution >= 0.6 is 0 Å². The number of rotatable bonds is 5. The van der Waals surface area contributed by atoms with Gasteiger partial charge in [-0.3, -0.25) is 0 Å². The summed E-state index contributed by atoms with van der Waals surface area (Å²) in [5.74, 6) is 0. The van der Waals surface area contributed by atoms with Crippen molar-refractivity contribution in [2.24, 2.45) is 0 Å². The van der Waals surface area contributed by atoms with Crippen LogP contribution in [0.5, 0.6) is 0 Å². The van der Waals surface area contributed by atoms with Crippen LogP contribution in [0.3, 0.4) is 0 Å². The minimum Gasteiger partial charge on any atom is -0.309 e. The molecule has 54 heavy (non-hydrogen) atoms. The molecular formula is C52H34N2. The molecule has 2 aromatic heterocycles. The van der Waals surface area contributed by atoms with Gasteiger partial charge in [-0.1, -0.05) is 158 Å². The molecule has 252 valence electrons. The first kappa shape index (κ1) is 30.5. The highest BCUT2D eigenvalue weighted by Crippen LogP contribution is 2.45. The molecule has 0 saturated heterocycles. The Balaban J connectivity index is 1.21. The van der Waals surface area contributed by atoms with Crippen LogP contribution < -0.4 is 0 Å². The number of hydrogen-bond donors (Lipinski definition) is 0. The van der Waals surface area contributed by atoms with Crippen LogP contribution in [0.15, 0.2) is 206 Å². The number of para-hydroxylation sites is 2. The summed E-state index contributed by atoms with van der Waals surface area (Å²) in [5.41, 5.74) is 14.4. The van der Waals surface area contributed by atoms with E-state index in [4.69, 9.17) is 0 Å². The number of fused-ring (bicyclic) bond motifs is 7. The molecule has 0 saturated carbocycles. The average molecular weight is 687 g/mol. The normalized spacial score (nSPS) is 11.7. The zero-order chi connectivity index (χ0) is 35.6. The summed E-state index contributed by atoms with van der Waals surface area (Å²) in [7, 11) is 0. The first-order valence-corrected chi connectivity index (χ1v) is 18.6. The van der Waals surface area contributed by atoms with Crippen molar-refractivity contribution in [3.8, 4) is 44.8 Å². The van der Waals surface area contributed by atoms with Crippen molar-refractivity contribution in [1.29, 1.82) is 0 Å². The molecule has 0 atom stereocenters. The molecule has 9 aromatic carbocycles. The minimum absolute atomic E-state index is 1.14. The quantitative estimate of drug-likeness (QED) is 0.171. The number of aromatic nitrogens is 2. The van der Waals surface area contributed by atoms with Crippen LogP contribution in [-0.2, 0) is 0 Å².